The predicted octanol–water partition coefficient (Wildman–Crippen LogP) is 4.52. The topological polar surface area (TPSA) is 66.3 Å². The van der Waals surface area contributed by atoms with E-state index in [-0.39, 0.29) is 12.1 Å². The van der Waals surface area contributed by atoms with Crippen LogP contribution in [0.3, 0.4) is 0 Å². The summed E-state index contributed by atoms with van der Waals surface area (Å²) in [5, 5.41) is 7.01. The lowest BCUT2D eigenvalue weighted by atomic mass is 9.99. The van der Waals surface area contributed by atoms with Gasteiger partial charge in [0.1, 0.15) is 0 Å². The molecule has 32 heavy (non-hydrogen) atoms. The summed E-state index contributed by atoms with van der Waals surface area (Å²) in [5.41, 5.74) is 0.790. The number of hydrogen-bond donors (Lipinski definition) is 1. The standard InChI is InChI=1S/C22H21F3N6O/c1-29-11-9-19(28-29)27-21(32)31-16-6-3-10-30(13-16)18-8-7-17(26-20(18)31)14-4-2-5-15(12-14)22(23,24)25/h2,4-5,7-9,11-12,16H,3,6,10,13H2,1H3,(H,27,28,32)/t16-/m0/s1. The van der Waals surface area contributed by atoms with Crippen LogP contribution in [0, 0.1) is 0 Å². The third kappa shape index (κ3) is 3.65. The van der Waals surface area contributed by atoms with Gasteiger partial charge in [0.15, 0.2) is 11.6 Å². The summed E-state index contributed by atoms with van der Waals surface area (Å²) >= 11 is 0. The molecule has 2 aliphatic rings. The largest absolute Gasteiger partial charge is 0.416 e. The quantitative estimate of drug-likeness (QED) is 0.634. The number of urea groups is 1. The number of amides is 2. The average Bonchev–Trinajstić information content (AvgIpc) is 3.17. The first-order chi connectivity index (χ1) is 15.3. The molecule has 0 unspecified atom stereocenters. The summed E-state index contributed by atoms with van der Waals surface area (Å²) in [5.74, 6) is 0.871. The van der Waals surface area contributed by atoms with E-state index in [1.54, 1.807) is 41.0 Å². The van der Waals surface area contributed by atoms with E-state index in [0.717, 1.165) is 37.2 Å². The Hall–Kier alpha value is -3.56. The van der Waals surface area contributed by atoms with Crippen LogP contribution in [0.4, 0.5) is 35.3 Å². The SMILES string of the molecule is Cn1ccc(NC(=O)N2c3nc(-c4cccc(C(F)(F)F)c4)ccc3N3CCC[C@H]2C3)n1. The molecular weight excluding hydrogens is 421 g/mol. The van der Waals surface area contributed by atoms with Crippen molar-refractivity contribution in [3.63, 3.8) is 0 Å². The number of piperidine rings is 1. The summed E-state index contributed by atoms with van der Waals surface area (Å²) in [4.78, 5) is 21.7. The third-order valence-electron chi connectivity index (χ3n) is 5.84. The number of halogens is 3. The van der Waals surface area contributed by atoms with Crippen LogP contribution in [-0.4, -0.2) is 39.9 Å². The number of carbonyl (C=O) groups excluding carboxylic acids is 1. The zero-order valence-corrected chi connectivity index (χ0v) is 17.3. The Morgan fingerprint density at radius 2 is 2.03 bits per heavy atom. The van der Waals surface area contributed by atoms with E-state index in [1.165, 1.54) is 6.07 Å². The second kappa shape index (κ2) is 7.54. The van der Waals surface area contributed by atoms with Gasteiger partial charge in [0.2, 0.25) is 0 Å². The molecule has 1 fully saturated rings. The molecular formula is C22H21F3N6O. The molecule has 2 aliphatic heterocycles. The van der Waals surface area contributed by atoms with E-state index in [2.05, 4.69) is 20.3 Å². The second-order valence-electron chi connectivity index (χ2n) is 8.03. The molecule has 2 bridgehead atoms. The molecule has 10 heteroatoms. The molecule has 2 aromatic heterocycles. The highest BCUT2D eigenvalue weighted by atomic mass is 19.4. The van der Waals surface area contributed by atoms with Crippen LogP contribution in [0.2, 0.25) is 0 Å². The van der Waals surface area contributed by atoms with Crippen LogP contribution in [0.15, 0.2) is 48.7 Å². The van der Waals surface area contributed by atoms with Gasteiger partial charge in [-0.1, -0.05) is 12.1 Å². The number of aromatic nitrogens is 3. The van der Waals surface area contributed by atoms with Crippen LogP contribution in [0.1, 0.15) is 18.4 Å². The number of pyridine rings is 1. The van der Waals surface area contributed by atoms with Crippen LogP contribution in [-0.2, 0) is 13.2 Å². The van der Waals surface area contributed by atoms with Crippen molar-refractivity contribution in [1.29, 1.82) is 0 Å². The number of hydrogen-bond acceptors (Lipinski definition) is 4. The van der Waals surface area contributed by atoms with Crippen molar-refractivity contribution in [2.45, 2.75) is 25.1 Å². The molecule has 0 saturated carbocycles. The maximum Gasteiger partial charge on any atom is 0.416 e. The molecule has 4 heterocycles. The van der Waals surface area contributed by atoms with Crippen molar-refractivity contribution in [1.82, 2.24) is 14.8 Å². The van der Waals surface area contributed by atoms with E-state index < -0.39 is 11.7 Å². The monoisotopic (exact) mass is 442 g/mol. The highest BCUT2D eigenvalue weighted by molar-refractivity contribution is 6.04. The molecule has 1 saturated heterocycles. The molecule has 0 spiro atoms. The number of benzene rings is 1. The Kier molecular flexibility index (Phi) is 4.79. The van der Waals surface area contributed by atoms with Crippen LogP contribution in [0.5, 0.6) is 0 Å². The zero-order valence-electron chi connectivity index (χ0n) is 17.3. The highest BCUT2D eigenvalue weighted by Crippen LogP contribution is 2.40. The lowest BCUT2D eigenvalue weighted by Crippen LogP contribution is -2.56. The summed E-state index contributed by atoms with van der Waals surface area (Å²) in [6.07, 6.45) is -0.957. The van der Waals surface area contributed by atoms with Gasteiger partial charge in [-0.05, 0) is 37.1 Å². The Bertz CT molecular complexity index is 1170. The van der Waals surface area contributed by atoms with Crippen molar-refractivity contribution in [2.24, 2.45) is 7.05 Å². The fraction of sp³-hybridized carbons (Fsp3) is 0.318. The fourth-order valence-corrected chi connectivity index (χ4v) is 4.35. The van der Waals surface area contributed by atoms with Gasteiger partial charge in [-0.2, -0.15) is 18.3 Å². The highest BCUT2D eigenvalue weighted by Gasteiger charge is 2.38. The second-order valence-corrected chi connectivity index (χ2v) is 8.03. The lowest BCUT2D eigenvalue weighted by Gasteiger charge is -2.45. The smallest absolute Gasteiger partial charge is 0.366 e. The predicted molar refractivity (Wildman–Crippen MR) is 115 cm³/mol. The van der Waals surface area contributed by atoms with E-state index in [0.29, 0.717) is 29.4 Å². The minimum atomic E-state index is -4.44. The summed E-state index contributed by atoms with van der Waals surface area (Å²) < 4.78 is 41.2. The van der Waals surface area contributed by atoms with Crippen molar-refractivity contribution in [3.05, 3.63) is 54.2 Å². The first-order valence-electron chi connectivity index (χ1n) is 10.3. The van der Waals surface area contributed by atoms with Gasteiger partial charge < -0.3 is 4.90 Å². The molecule has 1 aromatic carbocycles. The van der Waals surface area contributed by atoms with Gasteiger partial charge >= 0.3 is 12.2 Å². The zero-order chi connectivity index (χ0) is 22.5. The van der Waals surface area contributed by atoms with Gasteiger partial charge in [-0.3, -0.25) is 14.9 Å². The summed E-state index contributed by atoms with van der Waals surface area (Å²) in [6.45, 7) is 1.54. The number of nitrogens with one attached hydrogen (secondary N) is 1. The third-order valence-corrected chi connectivity index (χ3v) is 5.84. The van der Waals surface area contributed by atoms with Crippen molar-refractivity contribution >= 4 is 23.4 Å². The maximum absolute atomic E-state index is 13.2. The number of rotatable bonds is 2. The Morgan fingerprint density at radius 1 is 1.19 bits per heavy atom. The molecule has 0 aliphatic carbocycles. The molecule has 0 radical (unpaired) electrons. The molecule has 1 atom stereocenters. The van der Waals surface area contributed by atoms with Crippen molar-refractivity contribution in [2.75, 3.05) is 28.2 Å². The van der Waals surface area contributed by atoms with E-state index in [1.807, 2.05) is 6.07 Å². The number of carbonyl (C=O) groups is 1. The molecule has 1 N–H and O–H groups in total. The number of alkyl halides is 3. The van der Waals surface area contributed by atoms with Gasteiger partial charge in [-0.15, -0.1) is 0 Å². The van der Waals surface area contributed by atoms with E-state index in [4.69, 9.17) is 0 Å². The number of aryl methyl sites for hydroxylation is 1. The Labute approximate surface area is 182 Å². The van der Waals surface area contributed by atoms with Crippen LogP contribution in [0.25, 0.3) is 11.3 Å². The van der Waals surface area contributed by atoms with Crippen LogP contribution < -0.4 is 15.1 Å². The fourth-order valence-electron chi connectivity index (χ4n) is 4.35. The number of anilines is 3. The van der Waals surface area contributed by atoms with Gasteiger partial charge in [-0.25, -0.2) is 9.78 Å². The van der Waals surface area contributed by atoms with E-state index >= 15 is 0 Å². The normalized spacial score (nSPS) is 17.8. The van der Waals surface area contributed by atoms with Gasteiger partial charge in [0, 0.05) is 38.0 Å². The summed E-state index contributed by atoms with van der Waals surface area (Å²) in [7, 11) is 1.76. The minimum Gasteiger partial charge on any atom is -0.366 e. The molecule has 5 rings (SSSR count). The number of nitrogens with zero attached hydrogens (tertiary/aromatic N) is 5. The van der Waals surface area contributed by atoms with Gasteiger partial charge in [0.25, 0.3) is 0 Å². The van der Waals surface area contributed by atoms with E-state index in [9.17, 15) is 18.0 Å². The van der Waals surface area contributed by atoms with Crippen molar-refractivity contribution in [3.8, 4) is 11.3 Å². The first-order valence-corrected chi connectivity index (χ1v) is 10.3. The lowest BCUT2D eigenvalue weighted by molar-refractivity contribution is -0.137. The van der Waals surface area contributed by atoms with Gasteiger partial charge in [0.05, 0.1) is 23.0 Å². The van der Waals surface area contributed by atoms with Crippen molar-refractivity contribution < 1.29 is 18.0 Å². The molecule has 7 nitrogen and oxygen atoms in total. The Morgan fingerprint density at radius 3 is 2.78 bits per heavy atom. The molecule has 3 aromatic rings. The maximum atomic E-state index is 13.2. The average molecular weight is 442 g/mol. The van der Waals surface area contributed by atoms with Crippen LogP contribution >= 0.6 is 0 Å². The minimum absolute atomic E-state index is 0.0794. The summed E-state index contributed by atoms with van der Waals surface area (Å²) in [6, 6.07) is 9.87. The molecule has 166 valence electrons. The number of fused-ring (bicyclic) bond motifs is 4. The Balaban J connectivity index is 1.55. The molecule has 2 amide bonds. The first kappa shape index (κ1) is 20.3.